The summed E-state index contributed by atoms with van der Waals surface area (Å²) < 4.78 is 41.7. The number of nitrogens with one attached hydrogen (secondary N) is 1. The molecule has 5 rings (SSSR count). The molecule has 1 fully saturated rings. The summed E-state index contributed by atoms with van der Waals surface area (Å²) in [7, 11) is -1.79. The maximum atomic E-state index is 12.4. The zero-order valence-electron chi connectivity index (χ0n) is 22.0. The van der Waals surface area contributed by atoms with Crippen molar-refractivity contribution in [2.24, 2.45) is 0 Å². The molecule has 1 aliphatic rings. The number of aromatic nitrogens is 2. The molecular formula is C29H34N4O4S. The Morgan fingerprint density at radius 2 is 1.95 bits per heavy atom. The van der Waals surface area contributed by atoms with E-state index in [-0.39, 0.29) is 5.75 Å². The van der Waals surface area contributed by atoms with Gasteiger partial charge in [0.25, 0.3) is 0 Å². The van der Waals surface area contributed by atoms with E-state index in [0.29, 0.717) is 41.2 Å². The van der Waals surface area contributed by atoms with Gasteiger partial charge in [0.05, 0.1) is 35.4 Å². The first-order valence-corrected chi connectivity index (χ1v) is 14.7. The monoisotopic (exact) mass is 534 g/mol. The second-order valence-electron chi connectivity index (χ2n) is 9.65. The van der Waals surface area contributed by atoms with Crippen molar-refractivity contribution in [1.29, 1.82) is 0 Å². The van der Waals surface area contributed by atoms with E-state index in [0.717, 1.165) is 41.4 Å². The fourth-order valence-corrected chi connectivity index (χ4v) is 6.27. The molecule has 1 aliphatic carbocycles. The quantitative estimate of drug-likeness (QED) is 0.240. The highest BCUT2D eigenvalue weighted by molar-refractivity contribution is 7.92. The van der Waals surface area contributed by atoms with Crippen LogP contribution in [-0.2, 0) is 16.4 Å². The Bertz CT molecular complexity index is 1580. The van der Waals surface area contributed by atoms with Gasteiger partial charge in [0.15, 0.2) is 0 Å². The second kappa shape index (κ2) is 10.6. The van der Waals surface area contributed by atoms with Gasteiger partial charge in [-0.2, -0.15) is 0 Å². The predicted octanol–water partition coefficient (Wildman–Crippen LogP) is 6.53. The van der Waals surface area contributed by atoms with Gasteiger partial charge in [-0.1, -0.05) is 13.8 Å². The molecular weight excluding hydrogens is 500 g/mol. The SMILES string of the molecule is CCCS(=O)(=O)Nc1ccc(-c2c(CC)c3ccc(Oc4ncccc4N)cc3n2C2CCC2)c(OC)c1. The van der Waals surface area contributed by atoms with E-state index in [1.54, 1.807) is 31.5 Å². The number of benzene rings is 2. The molecule has 9 heteroatoms. The molecule has 8 nitrogen and oxygen atoms in total. The molecule has 2 aromatic carbocycles. The predicted molar refractivity (Wildman–Crippen MR) is 153 cm³/mol. The van der Waals surface area contributed by atoms with Crippen LogP contribution in [0.5, 0.6) is 17.4 Å². The van der Waals surface area contributed by atoms with Gasteiger partial charge in [0.1, 0.15) is 11.5 Å². The molecule has 0 bridgehead atoms. The van der Waals surface area contributed by atoms with Gasteiger partial charge in [-0.15, -0.1) is 0 Å². The number of hydrogen-bond acceptors (Lipinski definition) is 6. The number of pyridine rings is 1. The normalized spacial score (nSPS) is 13.9. The fraction of sp³-hybridized carbons (Fsp3) is 0.345. The molecule has 0 atom stereocenters. The molecule has 0 aliphatic heterocycles. The van der Waals surface area contributed by atoms with Crippen LogP contribution in [0.2, 0.25) is 0 Å². The minimum atomic E-state index is -3.41. The van der Waals surface area contributed by atoms with Crippen LogP contribution >= 0.6 is 0 Å². The Morgan fingerprint density at radius 3 is 2.61 bits per heavy atom. The summed E-state index contributed by atoms with van der Waals surface area (Å²) in [6.45, 7) is 4.00. The Kier molecular flexibility index (Phi) is 7.21. The highest BCUT2D eigenvalue weighted by Gasteiger charge is 2.29. The number of nitrogens with zero attached hydrogens (tertiary/aromatic N) is 2. The van der Waals surface area contributed by atoms with Gasteiger partial charge in [-0.05, 0) is 74.1 Å². The lowest BCUT2D eigenvalue weighted by atomic mass is 9.92. The van der Waals surface area contributed by atoms with Gasteiger partial charge in [-0.25, -0.2) is 13.4 Å². The second-order valence-corrected chi connectivity index (χ2v) is 11.5. The summed E-state index contributed by atoms with van der Waals surface area (Å²) in [5, 5.41) is 1.16. The Labute approximate surface area is 223 Å². The maximum absolute atomic E-state index is 12.4. The maximum Gasteiger partial charge on any atom is 0.242 e. The molecule has 38 heavy (non-hydrogen) atoms. The third-order valence-corrected chi connectivity index (χ3v) is 8.58. The van der Waals surface area contributed by atoms with Crippen LogP contribution in [0.15, 0.2) is 54.7 Å². The summed E-state index contributed by atoms with van der Waals surface area (Å²) in [5.41, 5.74) is 11.4. The van der Waals surface area contributed by atoms with Crippen LogP contribution < -0.4 is 19.9 Å². The van der Waals surface area contributed by atoms with Crippen molar-refractivity contribution in [3.8, 4) is 28.6 Å². The fourth-order valence-electron chi connectivity index (χ4n) is 5.15. The van der Waals surface area contributed by atoms with Crippen molar-refractivity contribution < 1.29 is 17.9 Å². The first-order chi connectivity index (χ1) is 18.3. The highest BCUT2D eigenvalue weighted by Crippen LogP contribution is 2.46. The van der Waals surface area contributed by atoms with Crippen molar-refractivity contribution in [2.75, 3.05) is 23.3 Å². The van der Waals surface area contributed by atoms with Crippen molar-refractivity contribution in [3.05, 3.63) is 60.3 Å². The molecule has 200 valence electrons. The van der Waals surface area contributed by atoms with Crippen LogP contribution in [0, 0.1) is 0 Å². The summed E-state index contributed by atoms with van der Waals surface area (Å²) in [5.74, 6) is 1.74. The molecule has 4 aromatic rings. The zero-order chi connectivity index (χ0) is 26.9. The average molecular weight is 535 g/mol. The van der Waals surface area contributed by atoms with Gasteiger partial charge in [0.2, 0.25) is 15.9 Å². The minimum absolute atomic E-state index is 0.0710. The lowest BCUT2D eigenvalue weighted by molar-refractivity contribution is 0.323. The molecule has 0 radical (unpaired) electrons. The molecule has 1 saturated carbocycles. The standard InChI is InChI=1S/C29H34N4O4S/c1-4-16-38(34,35)32-19-11-13-24(27(17-19)36-3)28-22(5-2)23-14-12-21(37-29-25(30)10-7-15-31-29)18-26(23)33(28)20-8-6-9-20/h7,10-15,17-18,20,32H,4-6,8-9,16,30H2,1-3H3. The van der Waals surface area contributed by atoms with E-state index < -0.39 is 10.0 Å². The number of hydrogen-bond donors (Lipinski definition) is 2. The van der Waals surface area contributed by atoms with Crippen LogP contribution in [0.4, 0.5) is 11.4 Å². The summed E-state index contributed by atoms with van der Waals surface area (Å²) in [6, 6.07) is 15.5. The van der Waals surface area contributed by atoms with Gasteiger partial charge in [0, 0.05) is 35.3 Å². The Balaban J connectivity index is 1.65. The number of ether oxygens (including phenoxy) is 2. The van der Waals surface area contributed by atoms with E-state index >= 15 is 0 Å². The number of rotatable bonds is 10. The molecule has 0 amide bonds. The van der Waals surface area contributed by atoms with Crippen LogP contribution in [0.1, 0.15) is 51.1 Å². The lowest BCUT2D eigenvalue weighted by Crippen LogP contribution is -2.18. The highest BCUT2D eigenvalue weighted by atomic mass is 32.2. The Morgan fingerprint density at radius 1 is 1.13 bits per heavy atom. The first-order valence-electron chi connectivity index (χ1n) is 13.1. The minimum Gasteiger partial charge on any atom is -0.496 e. The van der Waals surface area contributed by atoms with Crippen molar-refractivity contribution >= 4 is 32.3 Å². The van der Waals surface area contributed by atoms with Crippen molar-refractivity contribution in [3.63, 3.8) is 0 Å². The molecule has 2 aromatic heterocycles. The van der Waals surface area contributed by atoms with Crippen LogP contribution in [0.3, 0.4) is 0 Å². The summed E-state index contributed by atoms with van der Waals surface area (Å²) in [6.07, 6.45) is 6.40. The number of nitrogens with two attached hydrogens (primary N) is 1. The first kappa shape index (κ1) is 25.9. The number of sulfonamides is 1. The van der Waals surface area contributed by atoms with Gasteiger partial charge >= 0.3 is 0 Å². The largest absolute Gasteiger partial charge is 0.496 e. The van der Waals surface area contributed by atoms with E-state index in [1.807, 2.05) is 25.1 Å². The third kappa shape index (κ3) is 4.90. The van der Waals surface area contributed by atoms with E-state index in [9.17, 15) is 8.42 Å². The topological polar surface area (TPSA) is 108 Å². The number of nitrogen functional groups attached to an aromatic ring is 1. The zero-order valence-corrected chi connectivity index (χ0v) is 22.8. The number of anilines is 2. The van der Waals surface area contributed by atoms with E-state index in [4.69, 9.17) is 15.2 Å². The van der Waals surface area contributed by atoms with Crippen LogP contribution in [0.25, 0.3) is 22.2 Å². The number of aryl methyl sites for hydroxylation is 1. The van der Waals surface area contributed by atoms with E-state index in [1.165, 1.54) is 12.0 Å². The molecule has 0 spiro atoms. The Hall–Kier alpha value is -3.72. The average Bonchev–Trinajstić information content (AvgIpc) is 3.17. The third-order valence-electron chi connectivity index (χ3n) is 7.09. The van der Waals surface area contributed by atoms with Gasteiger partial charge < -0.3 is 19.8 Å². The lowest BCUT2D eigenvalue weighted by Gasteiger charge is -2.31. The van der Waals surface area contributed by atoms with Crippen molar-refractivity contribution in [2.45, 2.75) is 52.0 Å². The summed E-state index contributed by atoms with van der Waals surface area (Å²) in [4.78, 5) is 4.27. The molecule has 0 saturated heterocycles. The van der Waals surface area contributed by atoms with Crippen LogP contribution in [-0.4, -0.2) is 30.8 Å². The molecule has 2 heterocycles. The summed E-state index contributed by atoms with van der Waals surface area (Å²) >= 11 is 0. The van der Waals surface area contributed by atoms with E-state index in [2.05, 4.69) is 33.3 Å². The molecule has 3 N–H and O–H groups in total. The van der Waals surface area contributed by atoms with Crippen molar-refractivity contribution in [1.82, 2.24) is 9.55 Å². The number of methoxy groups -OCH3 is 1. The molecule has 0 unspecified atom stereocenters. The van der Waals surface area contributed by atoms with Gasteiger partial charge in [-0.3, -0.25) is 4.72 Å². The number of fused-ring (bicyclic) bond motifs is 1. The smallest absolute Gasteiger partial charge is 0.242 e.